The van der Waals surface area contributed by atoms with E-state index in [1.54, 1.807) is 12.1 Å². The molecule has 112 valence electrons. The van der Waals surface area contributed by atoms with Gasteiger partial charge in [-0.15, -0.1) is 12.4 Å². The molecule has 1 amide bonds. The van der Waals surface area contributed by atoms with E-state index in [9.17, 15) is 9.90 Å². The van der Waals surface area contributed by atoms with Gasteiger partial charge in [0, 0.05) is 24.6 Å². The fraction of sp³-hybridized carbons (Fsp3) is 0.533. The molecule has 0 saturated heterocycles. The summed E-state index contributed by atoms with van der Waals surface area (Å²) in [5, 5.41) is 12.8. The van der Waals surface area contributed by atoms with Crippen LogP contribution in [-0.4, -0.2) is 23.7 Å². The Morgan fingerprint density at radius 1 is 1.25 bits per heavy atom. The topological polar surface area (TPSA) is 75.4 Å². The van der Waals surface area contributed by atoms with Gasteiger partial charge in [0.15, 0.2) is 0 Å². The van der Waals surface area contributed by atoms with E-state index in [2.05, 4.69) is 5.32 Å². The highest BCUT2D eigenvalue weighted by molar-refractivity contribution is 5.94. The summed E-state index contributed by atoms with van der Waals surface area (Å²) in [6, 6.07) is 7.30. The second kappa shape index (κ2) is 8.25. The van der Waals surface area contributed by atoms with Crippen LogP contribution in [0.15, 0.2) is 24.3 Å². The normalized spacial score (nSPS) is 21.9. The van der Waals surface area contributed by atoms with E-state index in [1.807, 2.05) is 12.1 Å². The van der Waals surface area contributed by atoms with Gasteiger partial charge in [-0.3, -0.25) is 4.79 Å². The van der Waals surface area contributed by atoms with E-state index in [1.165, 1.54) is 0 Å². The molecule has 1 aromatic rings. The SMILES string of the molecule is Cl.NCc1ccc(C(=O)NCC2CCCCC2O)cc1. The smallest absolute Gasteiger partial charge is 0.251 e. The number of carbonyl (C=O) groups is 1. The predicted molar refractivity (Wildman–Crippen MR) is 81.9 cm³/mol. The number of hydrogen-bond donors (Lipinski definition) is 3. The van der Waals surface area contributed by atoms with Gasteiger partial charge < -0.3 is 16.2 Å². The number of aliphatic hydroxyl groups excluding tert-OH is 1. The molecule has 5 heteroatoms. The van der Waals surface area contributed by atoms with Gasteiger partial charge in [0.1, 0.15) is 0 Å². The summed E-state index contributed by atoms with van der Waals surface area (Å²) >= 11 is 0. The number of benzene rings is 1. The van der Waals surface area contributed by atoms with Crippen molar-refractivity contribution in [1.29, 1.82) is 0 Å². The summed E-state index contributed by atoms with van der Waals surface area (Å²) in [5.74, 6) is 0.113. The lowest BCUT2D eigenvalue weighted by Gasteiger charge is -2.27. The van der Waals surface area contributed by atoms with Crippen molar-refractivity contribution >= 4 is 18.3 Å². The average Bonchev–Trinajstić information content (AvgIpc) is 2.46. The molecule has 1 fully saturated rings. The minimum Gasteiger partial charge on any atom is -0.393 e. The molecule has 0 heterocycles. The van der Waals surface area contributed by atoms with Gasteiger partial charge in [0.25, 0.3) is 5.91 Å². The molecule has 4 nitrogen and oxygen atoms in total. The van der Waals surface area contributed by atoms with Crippen LogP contribution in [-0.2, 0) is 6.54 Å². The van der Waals surface area contributed by atoms with Gasteiger partial charge in [-0.2, -0.15) is 0 Å². The summed E-state index contributed by atoms with van der Waals surface area (Å²) in [6.45, 7) is 1.04. The average molecular weight is 299 g/mol. The van der Waals surface area contributed by atoms with Gasteiger partial charge in [-0.25, -0.2) is 0 Å². The van der Waals surface area contributed by atoms with E-state index < -0.39 is 0 Å². The summed E-state index contributed by atoms with van der Waals surface area (Å²) in [7, 11) is 0. The highest BCUT2D eigenvalue weighted by Crippen LogP contribution is 2.23. The first-order valence-electron chi connectivity index (χ1n) is 6.96. The molecule has 1 aromatic carbocycles. The molecular weight excluding hydrogens is 276 g/mol. The van der Waals surface area contributed by atoms with Crippen LogP contribution >= 0.6 is 12.4 Å². The monoisotopic (exact) mass is 298 g/mol. The van der Waals surface area contributed by atoms with E-state index in [4.69, 9.17) is 5.73 Å². The Balaban J connectivity index is 0.00000200. The van der Waals surface area contributed by atoms with E-state index in [0.717, 1.165) is 31.2 Å². The number of hydrogen-bond acceptors (Lipinski definition) is 3. The molecule has 0 aliphatic heterocycles. The van der Waals surface area contributed by atoms with Gasteiger partial charge in [0.2, 0.25) is 0 Å². The maximum Gasteiger partial charge on any atom is 0.251 e. The summed E-state index contributed by atoms with van der Waals surface area (Å²) < 4.78 is 0. The molecule has 0 bridgehead atoms. The number of amides is 1. The molecule has 2 unspecified atom stereocenters. The van der Waals surface area contributed by atoms with Gasteiger partial charge >= 0.3 is 0 Å². The molecule has 4 N–H and O–H groups in total. The zero-order chi connectivity index (χ0) is 13.7. The largest absolute Gasteiger partial charge is 0.393 e. The minimum atomic E-state index is -0.270. The minimum absolute atomic E-state index is 0. The standard InChI is InChI=1S/C15H22N2O2.ClH/c16-9-11-5-7-12(8-6-11)15(19)17-10-13-3-1-2-4-14(13)18;/h5-8,13-14,18H,1-4,9-10,16H2,(H,17,19);1H. The van der Waals surface area contributed by atoms with Crippen LogP contribution in [0.2, 0.25) is 0 Å². The van der Waals surface area contributed by atoms with Crippen molar-refractivity contribution in [2.24, 2.45) is 11.7 Å². The predicted octanol–water partition coefficient (Wildman–Crippen LogP) is 1.85. The second-order valence-electron chi connectivity index (χ2n) is 5.22. The number of nitrogens with two attached hydrogens (primary N) is 1. The highest BCUT2D eigenvalue weighted by Gasteiger charge is 2.23. The molecule has 0 spiro atoms. The van der Waals surface area contributed by atoms with Crippen molar-refractivity contribution in [3.63, 3.8) is 0 Å². The Bertz CT molecular complexity index is 422. The van der Waals surface area contributed by atoms with Gasteiger partial charge in [0.05, 0.1) is 6.10 Å². The van der Waals surface area contributed by atoms with Crippen LogP contribution < -0.4 is 11.1 Å². The van der Waals surface area contributed by atoms with Crippen molar-refractivity contribution in [2.45, 2.75) is 38.3 Å². The van der Waals surface area contributed by atoms with Crippen molar-refractivity contribution in [3.05, 3.63) is 35.4 Å². The van der Waals surface area contributed by atoms with Crippen LogP contribution in [0.1, 0.15) is 41.6 Å². The molecule has 1 aliphatic carbocycles. The molecule has 20 heavy (non-hydrogen) atoms. The van der Waals surface area contributed by atoms with Crippen LogP contribution in [0, 0.1) is 5.92 Å². The molecular formula is C15H23ClN2O2. The molecule has 2 rings (SSSR count). The molecule has 0 radical (unpaired) electrons. The second-order valence-corrected chi connectivity index (χ2v) is 5.22. The van der Waals surface area contributed by atoms with Crippen LogP contribution in [0.25, 0.3) is 0 Å². The number of rotatable bonds is 4. The van der Waals surface area contributed by atoms with Crippen molar-refractivity contribution in [2.75, 3.05) is 6.54 Å². The zero-order valence-electron chi connectivity index (χ0n) is 11.5. The first-order valence-corrected chi connectivity index (χ1v) is 6.96. The van der Waals surface area contributed by atoms with E-state index in [0.29, 0.717) is 18.7 Å². The zero-order valence-corrected chi connectivity index (χ0v) is 12.4. The first-order chi connectivity index (χ1) is 9.20. The third-order valence-electron chi connectivity index (χ3n) is 3.85. The maximum atomic E-state index is 12.0. The number of nitrogens with one attached hydrogen (secondary N) is 1. The third kappa shape index (κ3) is 4.47. The van der Waals surface area contributed by atoms with Crippen LogP contribution in [0.4, 0.5) is 0 Å². The number of halogens is 1. The Labute approximate surface area is 126 Å². The van der Waals surface area contributed by atoms with Gasteiger partial charge in [-0.1, -0.05) is 25.0 Å². The number of carbonyl (C=O) groups excluding carboxylic acids is 1. The summed E-state index contributed by atoms with van der Waals surface area (Å²) in [5.41, 5.74) is 7.17. The van der Waals surface area contributed by atoms with Crippen LogP contribution in [0.3, 0.4) is 0 Å². The Morgan fingerprint density at radius 3 is 2.50 bits per heavy atom. The number of aliphatic hydroxyl groups is 1. The van der Waals surface area contributed by atoms with E-state index in [-0.39, 0.29) is 30.3 Å². The Hall–Kier alpha value is -1.10. The Morgan fingerprint density at radius 2 is 1.90 bits per heavy atom. The fourth-order valence-electron chi connectivity index (χ4n) is 2.54. The molecule has 1 saturated carbocycles. The van der Waals surface area contributed by atoms with Crippen LogP contribution in [0.5, 0.6) is 0 Å². The quantitative estimate of drug-likeness (QED) is 0.794. The lowest BCUT2D eigenvalue weighted by molar-refractivity contribution is 0.0663. The van der Waals surface area contributed by atoms with Crippen molar-refractivity contribution in [1.82, 2.24) is 5.32 Å². The van der Waals surface area contributed by atoms with Gasteiger partial charge in [-0.05, 0) is 30.5 Å². The third-order valence-corrected chi connectivity index (χ3v) is 3.85. The molecule has 0 aromatic heterocycles. The first kappa shape index (κ1) is 17.0. The summed E-state index contributed by atoms with van der Waals surface area (Å²) in [6.07, 6.45) is 3.81. The highest BCUT2D eigenvalue weighted by atomic mass is 35.5. The lowest BCUT2D eigenvalue weighted by Crippen LogP contribution is -2.36. The van der Waals surface area contributed by atoms with Crippen molar-refractivity contribution in [3.8, 4) is 0 Å². The summed E-state index contributed by atoms with van der Waals surface area (Å²) in [4.78, 5) is 12.0. The lowest BCUT2D eigenvalue weighted by atomic mass is 9.86. The van der Waals surface area contributed by atoms with E-state index >= 15 is 0 Å². The molecule has 1 aliphatic rings. The fourth-order valence-corrected chi connectivity index (χ4v) is 2.54. The maximum absolute atomic E-state index is 12.0. The van der Waals surface area contributed by atoms with Crippen molar-refractivity contribution < 1.29 is 9.90 Å². The molecule has 2 atom stereocenters. The Kier molecular flexibility index (Phi) is 6.99.